The number of aryl methyl sites for hydroxylation is 1. The lowest BCUT2D eigenvalue weighted by molar-refractivity contribution is -0.385. The van der Waals surface area contributed by atoms with Crippen molar-refractivity contribution in [3.63, 3.8) is 0 Å². The predicted molar refractivity (Wildman–Crippen MR) is 97.0 cm³/mol. The van der Waals surface area contributed by atoms with Crippen LogP contribution >= 0.6 is 0 Å². The van der Waals surface area contributed by atoms with Gasteiger partial charge in [0.05, 0.1) is 4.92 Å². The van der Waals surface area contributed by atoms with Crippen LogP contribution in [0.2, 0.25) is 0 Å². The molecule has 1 heterocycles. The molecule has 3 rings (SSSR count). The summed E-state index contributed by atoms with van der Waals surface area (Å²) >= 11 is 0. The first-order valence-electron chi connectivity index (χ1n) is 8.52. The van der Waals surface area contributed by atoms with Gasteiger partial charge < -0.3 is 19.1 Å². The second-order valence-electron chi connectivity index (χ2n) is 6.11. The summed E-state index contributed by atoms with van der Waals surface area (Å²) in [6, 6.07) is 10.1. The van der Waals surface area contributed by atoms with Gasteiger partial charge in [-0.15, -0.1) is 0 Å². The van der Waals surface area contributed by atoms with Crippen molar-refractivity contribution >= 4 is 11.6 Å². The third kappa shape index (κ3) is 4.28. The molecule has 2 aromatic carbocycles. The fourth-order valence-electron chi connectivity index (χ4n) is 2.76. The quantitative estimate of drug-likeness (QED) is 0.548. The van der Waals surface area contributed by atoms with Gasteiger partial charge in [-0.1, -0.05) is 12.1 Å². The van der Waals surface area contributed by atoms with Crippen molar-refractivity contribution in [2.75, 3.05) is 19.9 Å². The van der Waals surface area contributed by atoms with Crippen LogP contribution in [0.15, 0.2) is 36.4 Å². The summed E-state index contributed by atoms with van der Waals surface area (Å²) in [6.45, 7) is 4.39. The Kier molecular flexibility index (Phi) is 5.44. The van der Waals surface area contributed by atoms with E-state index in [1.807, 2.05) is 25.1 Å². The summed E-state index contributed by atoms with van der Waals surface area (Å²) in [5.41, 5.74) is 1.50. The molecule has 1 aliphatic heterocycles. The smallest absolute Gasteiger partial charge is 0.311 e. The Morgan fingerprint density at radius 3 is 2.74 bits per heavy atom. The van der Waals surface area contributed by atoms with Crippen molar-refractivity contribution in [3.05, 3.63) is 57.6 Å². The van der Waals surface area contributed by atoms with E-state index in [-0.39, 0.29) is 30.7 Å². The van der Waals surface area contributed by atoms with E-state index < -0.39 is 4.92 Å². The van der Waals surface area contributed by atoms with E-state index in [9.17, 15) is 14.9 Å². The highest BCUT2D eigenvalue weighted by Gasteiger charge is 2.20. The summed E-state index contributed by atoms with van der Waals surface area (Å²) < 4.78 is 16.1. The van der Waals surface area contributed by atoms with Gasteiger partial charge in [0.15, 0.2) is 23.9 Å². The number of ether oxygens (including phenoxy) is 3. The molecule has 0 spiro atoms. The summed E-state index contributed by atoms with van der Waals surface area (Å²) in [5.74, 6) is 1.16. The van der Waals surface area contributed by atoms with E-state index in [0.29, 0.717) is 24.6 Å². The third-order valence-electron chi connectivity index (χ3n) is 4.21. The van der Waals surface area contributed by atoms with E-state index in [4.69, 9.17) is 14.2 Å². The van der Waals surface area contributed by atoms with Gasteiger partial charge in [0, 0.05) is 19.2 Å². The molecule has 0 aromatic heterocycles. The molecule has 0 N–H and O–H groups in total. The Morgan fingerprint density at radius 1 is 1.22 bits per heavy atom. The molecule has 0 bridgehead atoms. The van der Waals surface area contributed by atoms with Gasteiger partial charge in [-0.3, -0.25) is 14.9 Å². The van der Waals surface area contributed by atoms with Crippen LogP contribution in [0.4, 0.5) is 5.69 Å². The molecule has 0 saturated heterocycles. The van der Waals surface area contributed by atoms with E-state index in [1.165, 1.54) is 12.1 Å². The monoisotopic (exact) mass is 372 g/mol. The zero-order valence-corrected chi connectivity index (χ0v) is 15.1. The number of hydrogen-bond donors (Lipinski definition) is 0. The molecule has 0 unspecified atom stereocenters. The number of nitrogens with zero attached hydrogens (tertiary/aromatic N) is 2. The van der Waals surface area contributed by atoms with Crippen molar-refractivity contribution in [1.29, 1.82) is 0 Å². The number of benzene rings is 2. The summed E-state index contributed by atoms with van der Waals surface area (Å²) in [5, 5.41) is 11.2. The summed E-state index contributed by atoms with van der Waals surface area (Å²) in [4.78, 5) is 24.8. The van der Waals surface area contributed by atoms with Gasteiger partial charge in [-0.25, -0.2) is 0 Å². The fourth-order valence-corrected chi connectivity index (χ4v) is 2.76. The third-order valence-corrected chi connectivity index (χ3v) is 4.21. The topological polar surface area (TPSA) is 91.1 Å². The molecule has 0 atom stereocenters. The minimum Gasteiger partial charge on any atom is -0.477 e. The lowest BCUT2D eigenvalue weighted by Gasteiger charge is -2.21. The van der Waals surface area contributed by atoms with Crippen LogP contribution in [0.25, 0.3) is 0 Å². The maximum Gasteiger partial charge on any atom is 0.311 e. The van der Waals surface area contributed by atoms with Gasteiger partial charge in [-0.05, 0) is 43.2 Å². The summed E-state index contributed by atoms with van der Waals surface area (Å²) in [7, 11) is 0. The van der Waals surface area contributed by atoms with Crippen molar-refractivity contribution in [3.8, 4) is 17.2 Å². The lowest BCUT2D eigenvalue weighted by Crippen LogP contribution is -2.34. The molecular formula is C19H20N2O6. The number of rotatable bonds is 7. The Morgan fingerprint density at radius 2 is 2.00 bits per heavy atom. The van der Waals surface area contributed by atoms with Crippen molar-refractivity contribution < 1.29 is 23.9 Å². The van der Waals surface area contributed by atoms with E-state index >= 15 is 0 Å². The molecule has 1 amide bonds. The lowest BCUT2D eigenvalue weighted by atomic mass is 10.2. The minimum absolute atomic E-state index is 0.0816. The average Bonchev–Trinajstić information content (AvgIpc) is 3.12. The van der Waals surface area contributed by atoms with Crippen LogP contribution in [0.1, 0.15) is 18.1 Å². The number of carbonyl (C=O) groups excluding carboxylic acids is 1. The van der Waals surface area contributed by atoms with Gasteiger partial charge in [0.25, 0.3) is 5.91 Å². The van der Waals surface area contributed by atoms with Gasteiger partial charge in [-0.2, -0.15) is 0 Å². The van der Waals surface area contributed by atoms with Gasteiger partial charge >= 0.3 is 5.69 Å². The van der Waals surface area contributed by atoms with E-state index in [0.717, 1.165) is 11.1 Å². The number of nitro benzene ring substituents is 1. The highest BCUT2D eigenvalue weighted by atomic mass is 16.7. The standard InChI is InChI=1S/C19H20N2O6/c1-3-20(10-14-5-7-17-18(9-14)27-12-26-17)19(22)11-25-16-6-4-13(2)8-15(16)21(23)24/h4-9H,3,10-12H2,1-2H3. The average molecular weight is 372 g/mol. The number of fused-ring (bicyclic) bond motifs is 1. The maximum absolute atomic E-state index is 12.5. The minimum atomic E-state index is -0.517. The zero-order valence-electron chi connectivity index (χ0n) is 15.1. The number of carbonyl (C=O) groups is 1. The highest BCUT2D eigenvalue weighted by Crippen LogP contribution is 2.33. The predicted octanol–water partition coefficient (Wildman–Crippen LogP) is 3.06. The Balaban J connectivity index is 1.65. The Labute approximate surface area is 156 Å². The van der Waals surface area contributed by atoms with Crippen LogP contribution in [0.3, 0.4) is 0 Å². The zero-order chi connectivity index (χ0) is 19.4. The van der Waals surface area contributed by atoms with Crippen LogP contribution in [0.5, 0.6) is 17.2 Å². The first kappa shape index (κ1) is 18.5. The molecule has 2 aromatic rings. The van der Waals surface area contributed by atoms with Crippen LogP contribution in [-0.4, -0.2) is 35.7 Å². The Bertz CT molecular complexity index is 867. The number of likely N-dealkylation sites (N-methyl/N-ethyl adjacent to an activating group) is 1. The molecule has 8 nitrogen and oxygen atoms in total. The molecule has 0 saturated carbocycles. The first-order chi connectivity index (χ1) is 13.0. The molecule has 0 radical (unpaired) electrons. The fraction of sp³-hybridized carbons (Fsp3) is 0.316. The largest absolute Gasteiger partial charge is 0.477 e. The number of nitro groups is 1. The molecule has 142 valence electrons. The van der Waals surface area contributed by atoms with Crippen LogP contribution in [-0.2, 0) is 11.3 Å². The molecule has 0 fully saturated rings. The van der Waals surface area contributed by atoms with Crippen molar-refractivity contribution in [1.82, 2.24) is 4.90 Å². The SMILES string of the molecule is CCN(Cc1ccc2c(c1)OCO2)C(=O)COc1ccc(C)cc1[N+](=O)[O-]. The molecule has 1 aliphatic rings. The molecule has 0 aliphatic carbocycles. The van der Waals surface area contributed by atoms with Crippen LogP contribution < -0.4 is 14.2 Å². The number of amides is 1. The first-order valence-corrected chi connectivity index (χ1v) is 8.52. The van der Waals surface area contributed by atoms with Gasteiger partial charge in [0.2, 0.25) is 6.79 Å². The molecule has 27 heavy (non-hydrogen) atoms. The van der Waals surface area contributed by atoms with Crippen molar-refractivity contribution in [2.45, 2.75) is 20.4 Å². The van der Waals surface area contributed by atoms with E-state index in [1.54, 1.807) is 17.9 Å². The highest BCUT2D eigenvalue weighted by molar-refractivity contribution is 5.78. The second-order valence-corrected chi connectivity index (χ2v) is 6.11. The molecular weight excluding hydrogens is 352 g/mol. The normalized spacial score (nSPS) is 11.9. The Hall–Kier alpha value is -3.29. The maximum atomic E-state index is 12.5. The van der Waals surface area contributed by atoms with Crippen molar-refractivity contribution in [2.24, 2.45) is 0 Å². The van der Waals surface area contributed by atoms with Gasteiger partial charge in [0.1, 0.15) is 0 Å². The van der Waals surface area contributed by atoms with E-state index in [2.05, 4.69) is 0 Å². The molecule has 8 heteroatoms. The number of hydrogen-bond acceptors (Lipinski definition) is 6. The second kappa shape index (κ2) is 7.94. The summed E-state index contributed by atoms with van der Waals surface area (Å²) in [6.07, 6.45) is 0. The van der Waals surface area contributed by atoms with Crippen LogP contribution in [0, 0.1) is 17.0 Å².